The molecule has 0 aromatic carbocycles. The first-order valence-electron chi connectivity index (χ1n) is 5.97. The molecule has 0 radical (unpaired) electrons. The van der Waals surface area contributed by atoms with Crippen LogP contribution in [0.25, 0.3) is 11.0 Å². The number of fused-ring (bicyclic) bond motifs is 1. The molecule has 0 aliphatic carbocycles. The molecule has 104 valence electrons. The Bertz CT molecular complexity index is 722. The van der Waals surface area contributed by atoms with Gasteiger partial charge in [0.1, 0.15) is 5.39 Å². The molecular formula is C11H13N7OS. The van der Waals surface area contributed by atoms with E-state index in [9.17, 15) is 0 Å². The van der Waals surface area contributed by atoms with Crippen molar-refractivity contribution in [1.29, 1.82) is 0 Å². The van der Waals surface area contributed by atoms with Crippen molar-refractivity contribution < 1.29 is 4.74 Å². The Labute approximate surface area is 118 Å². The molecule has 0 bridgehead atoms. The molecule has 0 saturated heterocycles. The number of nitrogens with zero attached hydrogens (tertiary/aromatic N) is 4. The summed E-state index contributed by atoms with van der Waals surface area (Å²) in [7, 11) is 0. The Morgan fingerprint density at radius 2 is 2.35 bits per heavy atom. The third kappa shape index (κ3) is 2.40. The zero-order chi connectivity index (χ0) is 13.9. The van der Waals surface area contributed by atoms with Crippen molar-refractivity contribution in [3.63, 3.8) is 0 Å². The normalized spacial score (nSPS) is 10.9. The summed E-state index contributed by atoms with van der Waals surface area (Å²) in [4.78, 5) is 13.7. The molecule has 9 heteroatoms. The molecule has 0 spiro atoms. The molecular weight excluding hydrogens is 278 g/mol. The molecule has 0 aliphatic heterocycles. The Hall–Kier alpha value is -2.26. The van der Waals surface area contributed by atoms with Gasteiger partial charge in [0.2, 0.25) is 11.8 Å². The van der Waals surface area contributed by atoms with E-state index in [-0.39, 0.29) is 5.95 Å². The zero-order valence-corrected chi connectivity index (χ0v) is 11.6. The first-order chi connectivity index (χ1) is 9.78. The molecule has 0 saturated carbocycles. The lowest BCUT2D eigenvalue weighted by atomic mass is 10.3. The number of aromatic amines is 1. The van der Waals surface area contributed by atoms with Crippen LogP contribution >= 0.6 is 11.3 Å². The summed E-state index contributed by atoms with van der Waals surface area (Å²) in [6, 6.07) is 0. The minimum Gasteiger partial charge on any atom is -0.477 e. The Morgan fingerprint density at radius 3 is 3.10 bits per heavy atom. The fourth-order valence-corrected chi connectivity index (χ4v) is 2.55. The van der Waals surface area contributed by atoms with E-state index >= 15 is 0 Å². The Balaban J connectivity index is 1.76. The number of aromatic nitrogens is 5. The minimum atomic E-state index is 0.283. The fraction of sp³-hybridized carbons (Fsp3) is 0.273. The van der Waals surface area contributed by atoms with Crippen LogP contribution in [0.4, 0.5) is 5.95 Å². The molecule has 3 aromatic heterocycles. The van der Waals surface area contributed by atoms with E-state index in [4.69, 9.17) is 10.6 Å². The van der Waals surface area contributed by atoms with Crippen molar-refractivity contribution in [3.8, 4) is 5.88 Å². The number of nitrogen functional groups attached to an aromatic ring is 1. The Morgan fingerprint density at radius 1 is 1.45 bits per heavy atom. The smallest absolute Gasteiger partial charge is 0.242 e. The number of nitrogens with two attached hydrogens (primary N) is 1. The maximum absolute atomic E-state index is 5.72. The first kappa shape index (κ1) is 12.8. The summed E-state index contributed by atoms with van der Waals surface area (Å²) in [5.74, 6) is 6.07. The molecule has 0 atom stereocenters. The van der Waals surface area contributed by atoms with Crippen molar-refractivity contribution in [2.45, 2.75) is 13.3 Å². The van der Waals surface area contributed by atoms with Gasteiger partial charge in [0.25, 0.3) is 0 Å². The highest BCUT2D eigenvalue weighted by molar-refractivity contribution is 7.09. The van der Waals surface area contributed by atoms with Gasteiger partial charge in [0.15, 0.2) is 5.65 Å². The van der Waals surface area contributed by atoms with Gasteiger partial charge < -0.3 is 4.74 Å². The van der Waals surface area contributed by atoms with Crippen LogP contribution in [-0.2, 0) is 6.42 Å². The van der Waals surface area contributed by atoms with Crippen molar-refractivity contribution >= 4 is 28.3 Å². The van der Waals surface area contributed by atoms with E-state index in [1.54, 1.807) is 17.5 Å². The number of anilines is 1. The molecule has 8 nitrogen and oxygen atoms in total. The topological polar surface area (TPSA) is 115 Å². The van der Waals surface area contributed by atoms with E-state index in [1.807, 2.05) is 12.4 Å². The number of ether oxygens (including phenoxy) is 1. The van der Waals surface area contributed by atoms with E-state index in [0.29, 0.717) is 18.1 Å². The molecule has 4 N–H and O–H groups in total. The molecule has 20 heavy (non-hydrogen) atoms. The maximum atomic E-state index is 5.72. The van der Waals surface area contributed by atoms with Gasteiger partial charge >= 0.3 is 0 Å². The number of rotatable bonds is 5. The lowest BCUT2D eigenvalue weighted by molar-refractivity contribution is 0.314. The second-order valence-electron chi connectivity index (χ2n) is 4.09. The van der Waals surface area contributed by atoms with Gasteiger partial charge in [-0.1, -0.05) is 0 Å². The average Bonchev–Trinajstić information content (AvgIpc) is 3.07. The van der Waals surface area contributed by atoms with Crippen LogP contribution in [0.3, 0.4) is 0 Å². The summed E-state index contributed by atoms with van der Waals surface area (Å²) in [5, 5.41) is 7.42. The second kappa shape index (κ2) is 5.39. The molecule has 0 fully saturated rings. The summed E-state index contributed by atoms with van der Waals surface area (Å²) >= 11 is 1.62. The summed E-state index contributed by atoms with van der Waals surface area (Å²) in [6.07, 6.45) is 2.41. The number of hydrogen-bond acceptors (Lipinski definition) is 8. The van der Waals surface area contributed by atoms with Crippen LogP contribution in [0.5, 0.6) is 5.88 Å². The highest BCUT2D eigenvalue weighted by Crippen LogP contribution is 2.22. The first-order valence-corrected chi connectivity index (χ1v) is 6.85. The van der Waals surface area contributed by atoms with Gasteiger partial charge in [-0.2, -0.15) is 15.1 Å². The summed E-state index contributed by atoms with van der Waals surface area (Å²) in [6.45, 7) is 2.49. The van der Waals surface area contributed by atoms with Crippen molar-refractivity contribution in [2.24, 2.45) is 5.84 Å². The van der Waals surface area contributed by atoms with Crippen molar-refractivity contribution in [1.82, 2.24) is 25.1 Å². The quantitative estimate of drug-likeness (QED) is 0.475. The van der Waals surface area contributed by atoms with E-state index < -0.39 is 0 Å². The highest BCUT2D eigenvalue weighted by Gasteiger charge is 2.10. The molecule has 3 rings (SSSR count). The van der Waals surface area contributed by atoms with Crippen LogP contribution in [0.1, 0.15) is 10.6 Å². The second-order valence-corrected chi connectivity index (χ2v) is 5.03. The third-order valence-corrected chi connectivity index (χ3v) is 3.81. The largest absolute Gasteiger partial charge is 0.477 e. The lowest BCUT2D eigenvalue weighted by Crippen LogP contribution is -2.12. The van der Waals surface area contributed by atoms with Crippen LogP contribution in [0.2, 0.25) is 0 Å². The number of nitrogens with one attached hydrogen (secondary N) is 2. The monoisotopic (exact) mass is 291 g/mol. The lowest BCUT2D eigenvalue weighted by Gasteiger charge is -2.07. The summed E-state index contributed by atoms with van der Waals surface area (Å²) in [5.41, 5.74) is 5.86. The number of H-pyrrole nitrogens is 1. The maximum Gasteiger partial charge on any atom is 0.242 e. The molecule has 0 aliphatic rings. The summed E-state index contributed by atoms with van der Waals surface area (Å²) < 4.78 is 5.72. The number of aryl methyl sites for hydroxylation is 1. The van der Waals surface area contributed by atoms with Gasteiger partial charge in [-0.15, -0.1) is 11.3 Å². The molecule has 0 unspecified atom stereocenters. The predicted octanol–water partition coefficient (Wildman–Crippen LogP) is 1.02. The third-order valence-electron chi connectivity index (χ3n) is 2.82. The Kier molecular flexibility index (Phi) is 3.44. The predicted molar refractivity (Wildman–Crippen MR) is 75.5 cm³/mol. The number of hydrazine groups is 1. The van der Waals surface area contributed by atoms with Crippen LogP contribution in [0, 0.1) is 6.92 Å². The van der Waals surface area contributed by atoms with Gasteiger partial charge in [-0.05, 0) is 6.92 Å². The molecule has 3 aromatic rings. The van der Waals surface area contributed by atoms with Gasteiger partial charge in [0, 0.05) is 11.3 Å². The van der Waals surface area contributed by atoms with E-state index in [0.717, 1.165) is 17.5 Å². The van der Waals surface area contributed by atoms with E-state index in [2.05, 4.69) is 30.6 Å². The number of hydrogen-bond donors (Lipinski definition) is 3. The fourth-order valence-electron chi connectivity index (χ4n) is 1.79. The van der Waals surface area contributed by atoms with Crippen LogP contribution in [0.15, 0.2) is 11.7 Å². The van der Waals surface area contributed by atoms with Crippen molar-refractivity contribution in [2.75, 3.05) is 12.0 Å². The SMILES string of the molecule is Cc1ncsc1CCOc1nc(NN)nc2[nH]ncc12. The van der Waals surface area contributed by atoms with Crippen LogP contribution in [-0.4, -0.2) is 31.8 Å². The molecule has 3 heterocycles. The minimum absolute atomic E-state index is 0.283. The zero-order valence-electron chi connectivity index (χ0n) is 10.8. The van der Waals surface area contributed by atoms with E-state index in [1.165, 1.54) is 4.88 Å². The van der Waals surface area contributed by atoms with Gasteiger partial charge in [0.05, 0.1) is 24.0 Å². The van der Waals surface area contributed by atoms with Crippen LogP contribution < -0.4 is 16.0 Å². The number of thiazole rings is 1. The van der Waals surface area contributed by atoms with Gasteiger partial charge in [-0.25, -0.2) is 10.8 Å². The molecule has 0 amide bonds. The van der Waals surface area contributed by atoms with Crippen molar-refractivity contribution in [3.05, 3.63) is 22.3 Å². The average molecular weight is 291 g/mol. The van der Waals surface area contributed by atoms with Gasteiger partial charge in [-0.3, -0.25) is 10.5 Å². The standard InChI is InChI=1S/C11H13N7OS/c1-6-8(20-5-13-6)2-3-19-10-7-4-14-18-9(7)15-11(16-10)17-12/h4-5H,2-3,12H2,1H3,(H2,14,15,16,17,18). The highest BCUT2D eigenvalue weighted by atomic mass is 32.1.